The maximum Gasteiger partial charge on any atom is 0.279 e. The molecular formula is C14H19N3O2S. The van der Waals surface area contributed by atoms with Crippen molar-refractivity contribution < 1.29 is 9.53 Å². The van der Waals surface area contributed by atoms with Gasteiger partial charge in [0, 0.05) is 12.0 Å². The summed E-state index contributed by atoms with van der Waals surface area (Å²) >= 11 is 5.09. The van der Waals surface area contributed by atoms with E-state index in [1.807, 2.05) is 45.0 Å². The lowest BCUT2D eigenvalue weighted by Crippen LogP contribution is -2.54. The van der Waals surface area contributed by atoms with E-state index in [9.17, 15) is 4.79 Å². The molecule has 20 heavy (non-hydrogen) atoms. The van der Waals surface area contributed by atoms with Gasteiger partial charge >= 0.3 is 0 Å². The van der Waals surface area contributed by atoms with Gasteiger partial charge < -0.3 is 10.1 Å². The summed E-state index contributed by atoms with van der Waals surface area (Å²) in [5.41, 5.74) is 6.13. The van der Waals surface area contributed by atoms with E-state index in [1.165, 1.54) is 0 Å². The molecule has 2 rings (SSSR count). The highest BCUT2D eigenvalue weighted by Gasteiger charge is 2.28. The van der Waals surface area contributed by atoms with Crippen molar-refractivity contribution in [1.82, 2.24) is 16.2 Å². The van der Waals surface area contributed by atoms with E-state index in [0.29, 0.717) is 11.5 Å². The number of benzene rings is 1. The molecule has 0 saturated carbocycles. The Balaban J connectivity index is 1.81. The van der Waals surface area contributed by atoms with Crippen LogP contribution in [0.2, 0.25) is 0 Å². The molecule has 0 radical (unpaired) electrons. The molecule has 0 aliphatic carbocycles. The highest BCUT2D eigenvalue weighted by atomic mass is 32.1. The number of ether oxygens (including phenoxy) is 1. The maximum atomic E-state index is 12.0. The molecule has 0 fully saturated rings. The zero-order chi connectivity index (χ0) is 14.8. The highest BCUT2D eigenvalue weighted by Crippen LogP contribution is 2.27. The van der Waals surface area contributed by atoms with E-state index in [2.05, 4.69) is 16.2 Å². The van der Waals surface area contributed by atoms with E-state index in [-0.39, 0.29) is 11.4 Å². The summed E-state index contributed by atoms with van der Waals surface area (Å²) < 4.78 is 5.59. The fourth-order valence-electron chi connectivity index (χ4n) is 1.90. The van der Waals surface area contributed by atoms with Crippen LogP contribution in [0.1, 0.15) is 26.3 Å². The van der Waals surface area contributed by atoms with Crippen molar-refractivity contribution >= 4 is 23.2 Å². The predicted molar refractivity (Wildman–Crippen MR) is 81.3 cm³/mol. The monoisotopic (exact) mass is 293 g/mol. The van der Waals surface area contributed by atoms with E-state index in [1.54, 1.807) is 0 Å². The SMILES string of the molecule is CC(C)(C)NC(=S)NNC(=O)[C@H]1Cc2ccccc2O1. The fraction of sp³-hybridized carbons (Fsp3) is 0.429. The largest absolute Gasteiger partial charge is 0.480 e. The Morgan fingerprint density at radius 3 is 2.65 bits per heavy atom. The summed E-state index contributed by atoms with van der Waals surface area (Å²) in [4.78, 5) is 12.0. The molecule has 0 bridgehead atoms. The van der Waals surface area contributed by atoms with Gasteiger partial charge in [0.15, 0.2) is 11.2 Å². The molecule has 5 nitrogen and oxygen atoms in total. The molecule has 1 heterocycles. The van der Waals surface area contributed by atoms with Crippen molar-refractivity contribution in [2.24, 2.45) is 0 Å². The lowest BCUT2D eigenvalue weighted by molar-refractivity contribution is -0.127. The third-order valence-corrected chi connectivity index (χ3v) is 2.93. The van der Waals surface area contributed by atoms with Gasteiger partial charge in [-0.1, -0.05) is 18.2 Å². The summed E-state index contributed by atoms with van der Waals surface area (Å²) in [6.45, 7) is 5.96. The quantitative estimate of drug-likeness (QED) is 0.538. The van der Waals surface area contributed by atoms with Crippen molar-refractivity contribution in [3.8, 4) is 5.75 Å². The minimum absolute atomic E-state index is 0.158. The molecule has 1 aliphatic rings. The number of nitrogens with one attached hydrogen (secondary N) is 3. The van der Waals surface area contributed by atoms with Crippen LogP contribution in [0, 0.1) is 0 Å². The maximum absolute atomic E-state index is 12.0. The second-order valence-corrected chi connectivity index (χ2v) is 6.14. The van der Waals surface area contributed by atoms with Crippen LogP contribution < -0.4 is 20.9 Å². The van der Waals surface area contributed by atoms with Crippen LogP contribution in [0.25, 0.3) is 0 Å². The van der Waals surface area contributed by atoms with Gasteiger partial charge in [-0.15, -0.1) is 0 Å². The second kappa shape index (κ2) is 5.66. The predicted octanol–water partition coefficient (Wildman–Crippen LogP) is 1.28. The van der Waals surface area contributed by atoms with Gasteiger partial charge in [-0.25, -0.2) is 0 Å². The Morgan fingerprint density at radius 2 is 2.00 bits per heavy atom. The van der Waals surface area contributed by atoms with Gasteiger partial charge in [-0.3, -0.25) is 15.6 Å². The molecule has 0 saturated heterocycles. The Bertz CT molecular complexity index is 500. The van der Waals surface area contributed by atoms with Gasteiger partial charge in [0.1, 0.15) is 5.75 Å². The number of hydrogen-bond donors (Lipinski definition) is 3. The van der Waals surface area contributed by atoms with Crippen molar-refractivity contribution in [2.45, 2.75) is 38.8 Å². The first-order valence-corrected chi connectivity index (χ1v) is 6.88. The van der Waals surface area contributed by atoms with Crippen molar-refractivity contribution in [1.29, 1.82) is 0 Å². The number of rotatable bonds is 1. The molecule has 108 valence electrons. The molecule has 0 aromatic heterocycles. The number of thiocarbonyl (C=S) groups is 1. The first-order valence-electron chi connectivity index (χ1n) is 6.48. The van der Waals surface area contributed by atoms with Gasteiger partial charge in [0.2, 0.25) is 0 Å². The summed E-state index contributed by atoms with van der Waals surface area (Å²) in [5, 5.41) is 3.42. The van der Waals surface area contributed by atoms with E-state index < -0.39 is 6.10 Å². The van der Waals surface area contributed by atoms with Crippen LogP contribution in [-0.2, 0) is 11.2 Å². The number of hydrogen-bond acceptors (Lipinski definition) is 3. The number of carbonyl (C=O) groups is 1. The Kier molecular flexibility index (Phi) is 4.13. The molecule has 1 atom stereocenters. The van der Waals surface area contributed by atoms with Crippen LogP contribution in [0.4, 0.5) is 0 Å². The van der Waals surface area contributed by atoms with E-state index >= 15 is 0 Å². The standard InChI is InChI=1S/C14H19N3O2S/c1-14(2,3)15-13(20)17-16-12(18)11-8-9-6-4-5-7-10(9)19-11/h4-7,11H,8H2,1-3H3,(H,16,18)(H2,15,17,20)/t11-/m1/s1. The molecule has 1 aromatic rings. The van der Waals surface area contributed by atoms with Gasteiger partial charge in [-0.2, -0.15) is 0 Å². The summed E-state index contributed by atoms with van der Waals surface area (Å²) in [6.07, 6.45) is 0.0562. The van der Waals surface area contributed by atoms with Gasteiger partial charge in [0.25, 0.3) is 5.91 Å². The van der Waals surface area contributed by atoms with E-state index in [4.69, 9.17) is 17.0 Å². The van der Waals surface area contributed by atoms with Crippen molar-refractivity contribution in [3.63, 3.8) is 0 Å². The smallest absolute Gasteiger partial charge is 0.279 e. The molecule has 0 spiro atoms. The zero-order valence-corrected chi connectivity index (χ0v) is 12.6. The van der Waals surface area contributed by atoms with Crippen molar-refractivity contribution in [3.05, 3.63) is 29.8 Å². The lowest BCUT2D eigenvalue weighted by Gasteiger charge is -2.23. The van der Waals surface area contributed by atoms with Gasteiger partial charge in [0.05, 0.1) is 0 Å². The minimum Gasteiger partial charge on any atom is -0.480 e. The summed E-state index contributed by atoms with van der Waals surface area (Å²) in [6, 6.07) is 7.65. The first-order chi connectivity index (χ1) is 9.35. The third-order valence-electron chi connectivity index (χ3n) is 2.73. The first kappa shape index (κ1) is 14.6. The van der Waals surface area contributed by atoms with Crippen LogP contribution in [0.3, 0.4) is 0 Å². The molecule has 1 aromatic carbocycles. The minimum atomic E-state index is -0.516. The fourth-order valence-corrected chi connectivity index (χ4v) is 2.26. The molecule has 3 N–H and O–H groups in total. The molecule has 0 unspecified atom stereocenters. The van der Waals surface area contributed by atoms with Crippen LogP contribution in [0.5, 0.6) is 5.75 Å². The highest BCUT2D eigenvalue weighted by molar-refractivity contribution is 7.80. The van der Waals surface area contributed by atoms with Gasteiger partial charge in [-0.05, 0) is 44.6 Å². The summed E-state index contributed by atoms with van der Waals surface area (Å²) in [5.74, 6) is 0.530. The topological polar surface area (TPSA) is 62.4 Å². The number of para-hydroxylation sites is 1. The van der Waals surface area contributed by atoms with Crippen LogP contribution >= 0.6 is 12.2 Å². The number of amides is 1. The van der Waals surface area contributed by atoms with Crippen molar-refractivity contribution in [2.75, 3.05) is 0 Å². The molecular weight excluding hydrogens is 274 g/mol. The second-order valence-electron chi connectivity index (χ2n) is 5.74. The average molecular weight is 293 g/mol. The summed E-state index contributed by atoms with van der Waals surface area (Å²) in [7, 11) is 0. The molecule has 1 amide bonds. The molecule has 6 heteroatoms. The van der Waals surface area contributed by atoms with Crippen LogP contribution in [0.15, 0.2) is 24.3 Å². The number of fused-ring (bicyclic) bond motifs is 1. The number of hydrazine groups is 1. The Hall–Kier alpha value is -1.82. The van der Waals surface area contributed by atoms with Crippen LogP contribution in [-0.4, -0.2) is 22.7 Å². The number of carbonyl (C=O) groups excluding carboxylic acids is 1. The Morgan fingerprint density at radius 1 is 1.30 bits per heavy atom. The average Bonchev–Trinajstić information content (AvgIpc) is 2.77. The third kappa shape index (κ3) is 3.84. The normalized spacial score (nSPS) is 16.9. The zero-order valence-electron chi connectivity index (χ0n) is 11.8. The molecule has 1 aliphatic heterocycles. The Labute approximate surface area is 124 Å². The lowest BCUT2D eigenvalue weighted by atomic mass is 10.1. The van der Waals surface area contributed by atoms with E-state index in [0.717, 1.165) is 11.3 Å².